The number of amides is 4. The molecule has 0 aliphatic carbocycles. The molecule has 0 aromatic carbocycles. The van der Waals surface area contributed by atoms with Crippen LogP contribution in [0.4, 0.5) is 4.79 Å². The van der Waals surface area contributed by atoms with E-state index in [4.69, 9.17) is 0 Å². The van der Waals surface area contributed by atoms with Gasteiger partial charge < -0.3 is 4.74 Å². The first kappa shape index (κ1) is 8.66. The number of rotatable bonds is 3. The van der Waals surface area contributed by atoms with E-state index in [2.05, 4.69) is 4.74 Å². The molecule has 1 heterocycles. The molecule has 6 nitrogen and oxygen atoms in total. The molecule has 0 aromatic rings. The highest BCUT2D eigenvalue weighted by atomic mass is 16.5. The number of nitrogens with zero attached hydrogens (tertiary/aromatic N) is 1. The molecule has 0 bridgehead atoms. The van der Waals surface area contributed by atoms with Gasteiger partial charge in [0.2, 0.25) is 0 Å². The van der Waals surface area contributed by atoms with Crippen molar-refractivity contribution in [1.29, 1.82) is 0 Å². The molecule has 1 aliphatic rings. The summed E-state index contributed by atoms with van der Waals surface area (Å²) in [4.78, 5) is 33.1. The molecule has 0 unspecified atom stereocenters. The minimum absolute atomic E-state index is 0.104. The summed E-state index contributed by atoms with van der Waals surface area (Å²) in [6, 6.07) is -0.679. The van der Waals surface area contributed by atoms with Gasteiger partial charge in [0.05, 0.1) is 13.2 Å². The largest absolute Gasteiger partial charge is 0.383 e. The molecule has 1 saturated heterocycles. The van der Waals surface area contributed by atoms with Crippen LogP contribution in [0.15, 0.2) is 0 Å². The molecule has 0 spiro atoms. The maximum atomic E-state index is 10.9. The Labute approximate surface area is 68.5 Å². The van der Waals surface area contributed by atoms with Crippen LogP contribution in [0.1, 0.15) is 0 Å². The maximum absolute atomic E-state index is 10.9. The maximum Gasteiger partial charge on any atom is 0.331 e. The molecule has 66 valence electrons. The van der Waals surface area contributed by atoms with Crippen LogP contribution in [0.5, 0.6) is 0 Å². The molecule has 12 heavy (non-hydrogen) atoms. The predicted octanol–water partition coefficient (Wildman–Crippen LogP) is -1.29. The van der Waals surface area contributed by atoms with E-state index in [9.17, 15) is 14.4 Å². The summed E-state index contributed by atoms with van der Waals surface area (Å²) in [7, 11) is 1.44. The van der Waals surface area contributed by atoms with Gasteiger partial charge in [-0.15, -0.1) is 0 Å². The zero-order valence-corrected chi connectivity index (χ0v) is 6.49. The zero-order valence-electron chi connectivity index (χ0n) is 6.49. The van der Waals surface area contributed by atoms with Crippen molar-refractivity contribution in [3.8, 4) is 0 Å². The van der Waals surface area contributed by atoms with Crippen LogP contribution in [0.2, 0.25) is 0 Å². The topological polar surface area (TPSA) is 75.7 Å². The van der Waals surface area contributed by atoms with E-state index < -0.39 is 17.8 Å². The molecular weight excluding hydrogens is 164 g/mol. The van der Waals surface area contributed by atoms with Gasteiger partial charge in [0.1, 0.15) is 0 Å². The lowest BCUT2D eigenvalue weighted by Gasteiger charge is -2.08. The Morgan fingerprint density at radius 2 is 2.08 bits per heavy atom. The molecule has 4 amide bonds. The van der Waals surface area contributed by atoms with E-state index in [1.165, 1.54) is 7.11 Å². The quantitative estimate of drug-likeness (QED) is 0.424. The van der Waals surface area contributed by atoms with Crippen molar-refractivity contribution < 1.29 is 19.1 Å². The fraction of sp³-hybridized carbons (Fsp3) is 0.500. The first-order chi connectivity index (χ1) is 5.66. The van der Waals surface area contributed by atoms with Crippen LogP contribution < -0.4 is 5.32 Å². The van der Waals surface area contributed by atoms with Gasteiger partial charge in [-0.3, -0.25) is 19.8 Å². The lowest BCUT2D eigenvalue weighted by atomic mass is 10.5. The lowest BCUT2D eigenvalue weighted by Crippen LogP contribution is -2.33. The fourth-order valence-corrected chi connectivity index (χ4v) is 0.819. The number of hydrogen-bond acceptors (Lipinski definition) is 4. The van der Waals surface area contributed by atoms with E-state index in [0.29, 0.717) is 0 Å². The Kier molecular flexibility index (Phi) is 2.39. The van der Waals surface area contributed by atoms with Crippen molar-refractivity contribution in [1.82, 2.24) is 10.2 Å². The number of methoxy groups -OCH3 is 1. The van der Waals surface area contributed by atoms with Gasteiger partial charge in [0.25, 0.3) is 0 Å². The van der Waals surface area contributed by atoms with E-state index >= 15 is 0 Å². The zero-order chi connectivity index (χ0) is 9.14. The fourth-order valence-electron chi connectivity index (χ4n) is 0.819. The number of nitrogens with one attached hydrogen (secondary N) is 1. The smallest absolute Gasteiger partial charge is 0.331 e. The van der Waals surface area contributed by atoms with E-state index in [1.807, 2.05) is 5.32 Å². The number of carbonyl (C=O) groups excluding carboxylic acids is 3. The van der Waals surface area contributed by atoms with Crippen molar-refractivity contribution in [2.24, 2.45) is 0 Å². The second-order valence-corrected chi connectivity index (χ2v) is 2.21. The normalized spacial score (nSPS) is 17.1. The van der Waals surface area contributed by atoms with Crippen LogP contribution in [0.25, 0.3) is 0 Å². The van der Waals surface area contributed by atoms with Crippen LogP contribution in [-0.2, 0) is 14.3 Å². The number of hydrogen-bond donors (Lipinski definition) is 1. The SMILES string of the molecule is COCCN1C(=O)NC(=O)C1=O. The molecule has 1 rings (SSSR count). The predicted molar refractivity (Wildman–Crippen MR) is 37.1 cm³/mol. The van der Waals surface area contributed by atoms with Crippen LogP contribution in [0, 0.1) is 0 Å². The lowest BCUT2D eigenvalue weighted by molar-refractivity contribution is -0.140. The van der Waals surface area contributed by atoms with Gasteiger partial charge in [-0.05, 0) is 0 Å². The summed E-state index contributed by atoms with van der Waals surface area (Å²) >= 11 is 0. The van der Waals surface area contributed by atoms with E-state index in [0.717, 1.165) is 4.90 Å². The minimum atomic E-state index is -0.879. The second-order valence-electron chi connectivity index (χ2n) is 2.21. The Morgan fingerprint density at radius 3 is 2.50 bits per heavy atom. The monoisotopic (exact) mass is 172 g/mol. The summed E-state index contributed by atoms with van der Waals surface area (Å²) in [5.41, 5.74) is 0. The van der Waals surface area contributed by atoms with Crippen molar-refractivity contribution in [2.45, 2.75) is 0 Å². The Bertz CT molecular complexity index is 238. The molecule has 0 saturated carbocycles. The molecule has 1 aliphatic heterocycles. The molecular formula is C6H8N2O4. The van der Waals surface area contributed by atoms with E-state index in [1.54, 1.807) is 0 Å². The first-order valence-electron chi connectivity index (χ1n) is 3.32. The standard InChI is InChI=1S/C6H8N2O4/c1-12-3-2-8-5(10)4(9)7-6(8)11/h2-3H2,1H3,(H,7,9,11). The summed E-state index contributed by atoms with van der Waals surface area (Å²) in [6.07, 6.45) is 0. The third-order valence-corrected chi connectivity index (χ3v) is 1.42. The average Bonchev–Trinajstić information content (AvgIpc) is 2.25. The first-order valence-corrected chi connectivity index (χ1v) is 3.32. The highest BCUT2D eigenvalue weighted by Gasteiger charge is 2.36. The Hall–Kier alpha value is -1.43. The van der Waals surface area contributed by atoms with Gasteiger partial charge in [-0.25, -0.2) is 4.79 Å². The minimum Gasteiger partial charge on any atom is -0.383 e. The van der Waals surface area contributed by atoms with Gasteiger partial charge in [0, 0.05) is 7.11 Å². The average molecular weight is 172 g/mol. The van der Waals surface area contributed by atoms with Crippen LogP contribution >= 0.6 is 0 Å². The molecule has 6 heteroatoms. The van der Waals surface area contributed by atoms with Crippen molar-refractivity contribution in [3.63, 3.8) is 0 Å². The molecule has 0 atom stereocenters. The highest BCUT2D eigenvalue weighted by molar-refractivity contribution is 6.44. The number of imide groups is 2. The van der Waals surface area contributed by atoms with Gasteiger partial charge in [-0.2, -0.15) is 0 Å². The number of urea groups is 1. The van der Waals surface area contributed by atoms with Crippen molar-refractivity contribution in [2.75, 3.05) is 20.3 Å². The summed E-state index contributed by atoms with van der Waals surface area (Å²) in [5, 5.41) is 1.87. The molecule has 0 radical (unpaired) electrons. The summed E-state index contributed by atoms with van der Waals surface area (Å²) in [5.74, 6) is -1.70. The molecule has 1 fully saturated rings. The van der Waals surface area contributed by atoms with Gasteiger partial charge in [0.15, 0.2) is 0 Å². The van der Waals surface area contributed by atoms with Crippen molar-refractivity contribution in [3.05, 3.63) is 0 Å². The van der Waals surface area contributed by atoms with Gasteiger partial charge in [-0.1, -0.05) is 0 Å². The molecule has 0 aromatic heterocycles. The van der Waals surface area contributed by atoms with E-state index in [-0.39, 0.29) is 13.2 Å². The Morgan fingerprint density at radius 1 is 1.42 bits per heavy atom. The number of carbonyl (C=O) groups is 3. The van der Waals surface area contributed by atoms with Crippen molar-refractivity contribution >= 4 is 17.8 Å². The third-order valence-electron chi connectivity index (χ3n) is 1.42. The third kappa shape index (κ3) is 1.42. The summed E-state index contributed by atoms with van der Waals surface area (Å²) < 4.78 is 4.65. The van der Waals surface area contributed by atoms with Crippen LogP contribution in [0.3, 0.4) is 0 Å². The van der Waals surface area contributed by atoms with Crippen LogP contribution in [-0.4, -0.2) is 43.0 Å². The Balaban J connectivity index is 2.58. The highest BCUT2D eigenvalue weighted by Crippen LogP contribution is 1.98. The number of ether oxygens (including phenoxy) is 1. The molecule has 1 N–H and O–H groups in total. The van der Waals surface area contributed by atoms with Gasteiger partial charge >= 0.3 is 17.8 Å². The summed E-state index contributed by atoms with van der Waals surface area (Å²) in [6.45, 7) is 0.333. The second kappa shape index (κ2) is 3.31.